The number of aryl methyl sites for hydroxylation is 1. The van der Waals surface area contributed by atoms with Crippen molar-refractivity contribution in [1.29, 1.82) is 0 Å². The van der Waals surface area contributed by atoms with Crippen LogP contribution in [0.3, 0.4) is 0 Å². The van der Waals surface area contributed by atoms with Crippen LogP contribution in [0.15, 0.2) is 41.3 Å². The van der Waals surface area contributed by atoms with Crippen LogP contribution in [-0.4, -0.2) is 41.7 Å². The summed E-state index contributed by atoms with van der Waals surface area (Å²) in [7, 11) is -0.109. The highest BCUT2D eigenvalue weighted by atomic mass is 32.2. The molecule has 28 heavy (non-hydrogen) atoms. The summed E-state index contributed by atoms with van der Waals surface area (Å²) >= 11 is 0. The first-order valence-electron chi connectivity index (χ1n) is 8.27. The van der Waals surface area contributed by atoms with Gasteiger partial charge in [0.05, 0.1) is 43.0 Å². The molecule has 0 saturated carbocycles. The van der Waals surface area contributed by atoms with E-state index in [0.717, 1.165) is 5.56 Å². The lowest BCUT2D eigenvalue weighted by molar-refractivity contribution is 0.0599. The number of ether oxygens (including phenoxy) is 3. The molecule has 8 nitrogen and oxygen atoms in total. The predicted molar refractivity (Wildman–Crippen MR) is 102 cm³/mol. The Balaban J connectivity index is 2.48. The zero-order chi connectivity index (χ0) is 20.9. The molecule has 2 aromatic carbocycles. The molecule has 2 aromatic rings. The molecule has 1 N–H and O–H groups in total. The monoisotopic (exact) mass is 407 g/mol. The fourth-order valence-corrected chi connectivity index (χ4v) is 3.66. The fraction of sp³-hybridized carbons (Fsp3) is 0.263. The second-order valence-corrected chi connectivity index (χ2v) is 7.40. The summed E-state index contributed by atoms with van der Waals surface area (Å²) in [4.78, 5) is 23.7. The summed E-state index contributed by atoms with van der Waals surface area (Å²) in [6.45, 7) is 1.88. The number of nitrogens with one attached hydrogen (secondary N) is 1. The van der Waals surface area contributed by atoms with Crippen LogP contribution in [-0.2, 0) is 25.9 Å². The van der Waals surface area contributed by atoms with E-state index in [2.05, 4.69) is 14.2 Å². The van der Waals surface area contributed by atoms with E-state index < -0.39 is 22.0 Å². The molecule has 0 aliphatic carbocycles. The first kappa shape index (κ1) is 21.2. The van der Waals surface area contributed by atoms with E-state index >= 15 is 0 Å². The molecule has 0 radical (unpaired) electrons. The predicted octanol–water partition coefficient (Wildman–Crippen LogP) is 2.63. The average molecular weight is 407 g/mol. The van der Waals surface area contributed by atoms with Gasteiger partial charge in [-0.2, -0.15) is 0 Å². The van der Waals surface area contributed by atoms with Crippen LogP contribution in [0.25, 0.3) is 0 Å². The van der Waals surface area contributed by atoms with Gasteiger partial charge in [0.1, 0.15) is 5.75 Å². The molecule has 0 amide bonds. The molecule has 0 bridgehead atoms. The summed E-state index contributed by atoms with van der Waals surface area (Å²) in [5.74, 6) is -0.852. The molecule has 0 aliphatic rings. The van der Waals surface area contributed by atoms with Crippen molar-refractivity contribution in [2.75, 3.05) is 26.1 Å². The highest BCUT2D eigenvalue weighted by Gasteiger charge is 2.19. The summed E-state index contributed by atoms with van der Waals surface area (Å²) < 4.78 is 42.5. The van der Waals surface area contributed by atoms with Gasteiger partial charge in [-0.1, -0.05) is 6.92 Å². The van der Waals surface area contributed by atoms with Crippen LogP contribution in [0.1, 0.15) is 33.2 Å². The first-order chi connectivity index (χ1) is 13.2. The SMILES string of the molecule is CCc1cc(S(=O)(=O)Nc2cc(C(=O)OC)cc(C(=O)OC)c2)ccc1OC. The standard InChI is InChI=1S/C19H21NO7S/c1-5-12-11-16(6-7-17(12)25-2)28(23,24)20-15-9-13(18(21)26-3)8-14(10-15)19(22)27-4/h6-11,20H,5H2,1-4H3. The minimum Gasteiger partial charge on any atom is -0.496 e. The highest BCUT2D eigenvalue weighted by Crippen LogP contribution is 2.25. The van der Waals surface area contributed by atoms with E-state index in [0.29, 0.717) is 12.2 Å². The van der Waals surface area contributed by atoms with Gasteiger partial charge in [0.25, 0.3) is 10.0 Å². The summed E-state index contributed by atoms with van der Waals surface area (Å²) in [5, 5.41) is 0. The molecule has 0 atom stereocenters. The van der Waals surface area contributed by atoms with Gasteiger partial charge in [0, 0.05) is 0 Å². The van der Waals surface area contributed by atoms with Gasteiger partial charge in [-0.25, -0.2) is 18.0 Å². The fourth-order valence-electron chi connectivity index (χ4n) is 2.57. The van der Waals surface area contributed by atoms with E-state index in [9.17, 15) is 18.0 Å². The van der Waals surface area contributed by atoms with Gasteiger partial charge < -0.3 is 14.2 Å². The van der Waals surface area contributed by atoms with Crippen LogP contribution in [0, 0.1) is 0 Å². The molecule has 0 fully saturated rings. The van der Waals surface area contributed by atoms with E-state index in [4.69, 9.17) is 4.74 Å². The Bertz CT molecular complexity index is 965. The van der Waals surface area contributed by atoms with Gasteiger partial charge >= 0.3 is 11.9 Å². The number of hydrogen-bond donors (Lipinski definition) is 1. The van der Waals surface area contributed by atoms with Crippen molar-refractivity contribution < 1.29 is 32.2 Å². The van der Waals surface area contributed by atoms with Gasteiger partial charge in [-0.3, -0.25) is 4.72 Å². The number of methoxy groups -OCH3 is 3. The lowest BCUT2D eigenvalue weighted by Crippen LogP contribution is -2.15. The van der Waals surface area contributed by atoms with Gasteiger partial charge in [0.15, 0.2) is 0 Å². The van der Waals surface area contributed by atoms with Gasteiger partial charge in [-0.15, -0.1) is 0 Å². The second kappa shape index (κ2) is 8.75. The van der Waals surface area contributed by atoms with E-state index in [1.807, 2.05) is 6.92 Å². The topological polar surface area (TPSA) is 108 Å². The molecule has 0 heterocycles. The Morgan fingerprint density at radius 3 is 1.96 bits per heavy atom. The largest absolute Gasteiger partial charge is 0.496 e. The molecule has 9 heteroatoms. The smallest absolute Gasteiger partial charge is 0.337 e. The number of hydrogen-bond acceptors (Lipinski definition) is 7. The summed E-state index contributed by atoms with van der Waals surface area (Å²) in [6, 6.07) is 8.30. The number of esters is 2. The third kappa shape index (κ3) is 4.61. The van der Waals surface area contributed by atoms with E-state index in [-0.39, 0.29) is 21.7 Å². The number of anilines is 1. The number of benzene rings is 2. The molecule has 0 spiro atoms. The van der Waals surface area contributed by atoms with E-state index in [1.54, 1.807) is 6.07 Å². The summed E-state index contributed by atoms with van der Waals surface area (Å²) in [5.41, 5.74) is 0.764. The average Bonchev–Trinajstić information content (AvgIpc) is 2.71. The van der Waals surface area contributed by atoms with Crippen molar-refractivity contribution in [3.63, 3.8) is 0 Å². The van der Waals surface area contributed by atoms with Crippen LogP contribution in [0.5, 0.6) is 5.75 Å². The Hall–Kier alpha value is -3.07. The van der Waals surface area contributed by atoms with Crippen molar-refractivity contribution in [2.24, 2.45) is 0 Å². The van der Waals surface area contributed by atoms with Crippen LogP contribution >= 0.6 is 0 Å². The Morgan fingerprint density at radius 1 is 0.929 bits per heavy atom. The third-order valence-corrected chi connectivity index (χ3v) is 5.35. The van der Waals surface area contributed by atoms with E-state index in [1.165, 1.54) is 51.7 Å². The minimum absolute atomic E-state index is 0.00655. The molecule has 2 rings (SSSR count). The third-order valence-electron chi connectivity index (χ3n) is 3.97. The van der Waals surface area contributed by atoms with Crippen LogP contribution in [0.2, 0.25) is 0 Å². The molecule has 0 unspecified atom stereocenters. The molecule has 150 valence electrons. The maximum atomic E-state index is 12.8. The quantitative estimate of drug-likeness (QED) is 0.703. The van der Waals surface area contributed by atoms with Gasteiger partial charge in [-0.05, 0) is 48.4 Å². The number of rotatable bonds is 7. The lowest BCUT2D eigenvalue weighted by Gasteiger charge is -2.13. The van der Waals surface area contributed by atoms with Crippen molar-refractivity contribution in [1.82, 2.24) is 0 Å². The molecular formula is C19H21NO7S. The van der Waals surface area contributed by atoms with Crippen LogP contribution in [0.4, 0.5) is 5.69 Å². The Morgan fingerprint density at radius 2 is 1.50 bits per heavy atom. The number of sulfonamides is 1. The zero-order valence-corrected chi connectivity index (χ0v) is 16.8. The van der Waals surface area contributed by atoms with Gasteiger partial charge in [0.2, 0.25) is 0 Å². The Labute approximate surface area is 163 Å². The molecule has 0 saturated heterocycles. The zero-order valence-electron chi connectivity index (χ0n) is 15.9. The first-order valence-corrected chi connectivity index (χ1v) is 9.75. The normalized spacial score (nSPS) is 10.9. The maximum absolute atomic E-state index is 12.8. The number of carbonyl (C=O) groups is 2. The second-order valence-electron chi connectivity index (χ2n) is 5.71. The van der Waals surface area contributed by atoms with Crippen molar-refractivity contribution in [2.45, 2.75) is 18.2 Å². The minimum atomic E-state index is -3.98. The Kier molecular flexibility index (Phi) is 6.63. The lowest BCUT2D eigenvalue weighted by atomic mass is 10.1. The maximum Gasteiger partial charge on any atom is 0.337 e. The molecule has 0 aliphatic heterocycles. The number of carbonyl (C=O) groups excluding carboxylic acids is 2. The van der Waals surface area contributed by atoms with Crippen LogP contribution < -0.4 is 9.46 Å². The van der Waals surface area contributed by atoms with Crippen molar-refractivity contribution in [3.8, 4) is 5.75 Å². The molecular weight excluding hydrogens is 386 g/mol. The summed E-state index contributed by atoms with van der Waals surface area (Å²) in [6.07, 6.45) is 0.580. The van der Waals surface area contributed by atoms with Crippen molar-refractivity contribution >= 4 is 27.6 Å². The highest BCUT2D eigenvalue weighted by molar-refractivity contribution is 7.92. The van der Waals surface area contributed by atoms with Crippen molar-refractivity contribution in [3.05, 3.63) is 53.1 Å². The molecule has 0 aromatic heterocycles.